The molecule has 45 heavy (non-hydrogen) atoms. The van der Waals surface area contributed by atoms with E-state index in [9.17, 15) is 23.6 Å². The van der Waals surface area contributed by atoms with Gasteiger partial charge in [-0.05, 0) is 0 Å². The standard InChI is InChI=1S/C21H26FN7O14P2/c1-35-16-14-10(40-20(16)28-4-3-11(30)27-21(28)31)6-38-45(34,43-36-2)42-15-12(22)9(5-37-44(32,33)41-14)39-19(15)29-8-26-13-17(23)24-7-25-18(13)29/h3-4,7-10,12,14-16,19-20H,5-6H2,1-2H3,(H,32,33)(H2,23,24,25)(H,27,30,31)/t9-,10-,12-,14-,15-,16-,19-,20-,45?/m1/s1. The summed E-state index contributed by atoms with van der Waals surface area (Å²) in [6, 6.07) is 1.03. The molecule has 0 aromatic carbocycles. The third kappa shape index (κ3) is 6.12. The zero-order valence-corrected chi connectivity index (χ0v) is 25.0. The maximum absolute atomic E-state index is 15.9. The first-order valence-electron chi connectivity index (χ1n) is 13.0. The second-order valence-corrected chi connectivity index (χ2v) is 12.7. The molecule has 2 bridgehead atoms. The van der Waals surface area contributed by atoms with Gasteiger partial charge in [-0.15, -0.1) is 4.67 Å². The Bertz CT molecular complexity index is 1770. The average Bonchev–Trinajstić information content (AvgIpc) is 3.65. The van der Waals surface area contributed by atoms with Gasteiger partial charge in [-0.3, -0.25) is 37.0 Å². The van der Waals surface area contributed by atoms with Gasteiger partial charge in [0, 0.05) is 19.4 Å². The van der Waals surface area contributed by atoms with Crippen molar-refractivity contribution in [2.24, 2.45) is 0 Å². The van der Waals surface area contributed by atoms with Crippen LogP contribution in [0.5, 0.6) is 0 Å². The average molecular weight is 681 g/mol. The van der Waals surface area contributed by atoms with E-state index in [1.54, 1.807) is 0 Å². The van der Waals surface area contributed by atoms with Crippen LogP contribution < -0.4 is 17.0 Å². The molecule has 3 aromatic heterocycles. The largest absolute Gasteiger partial charge is 0.502 e. The molecule has 6 heterocycles. The Hall–Kier alpha value is -2.98. The van der Waals surface area contributed by atoms with Crippen molar-refractivity contribution in [2.45, 2.75) is 49.1 Å². The van der Waals surface area contributed by atoms with Crippen molar-refractivity contribution in [1.29, 1.82) is 0 Å². The van der Waals surface area contributed by atoms with E-state index < -0.39 is 89.3 Å². The van der Waals surface area contributed by atoms with Crippen LogP contribution >= 0.6 is 15.6 Å². The van der Waals surface area contributed by atoms with Gasteiger partial charge in [-0.25, -0.2) is 38.2 Å². The van der Waals surface area contributed by atoms with Crippen molar-refractivity contribution in [3.05, 3.63) is 45.8 Å². The predicted octanol–water partition coefficient (Wildman–Crippen LogP) is -0.290. The maximum Gasteiger partial charge on any atom is 0.502 e. The molecule has 24 heteroatoms. The van der Waals surface area contributed by atoms with Crippen LogP contribution in [0.1, 0.15) is 12.5 Å². The van der Waals surface area contributed by atoms with Gasteiger partial charge in [0.15, 0.2) is 30.1 Å². The lowest BCUT2D eigenvalue weighted by Crippen LogP contribution is -2.40. The number of phosphoric acid groups is 2. The minimum Gasteiger partial charge on any atom is -0.382 e. The summed E-state index contributed by atoms with van der Waals surface area (Å²) in [5.74, 6) is 0.00559. The van der Waals surface area contributed by atoms with Crippen LogP contribution in [0, 0.1) is 0 Å². The molecule has 2 unspecified atom stereocenters. The van der Waals surface area contributed by atoms with E-state index in [0.29, 0.717) is 0 Å². The number of aromatic nitrogens is 6. The van der Waals surface area contributed by atoms with Crippen LogP contribution in [0.15, 0.2) is 34.5 Å². The SMILES string of the molecule is COOP1(=O)OC[C@H]2O[C@@H](n3ccc(=O)[nH]c3=O)[C@H](OC)[C@@H]2OP(=O)(O)OC[C@H]2O[C@@H](n3cnc4c(N)ncnc43)[C@H](O1)[C@@H]2F. The number of nitrogens with two attached hydrogens (primary N) is 1. The third-order valence-corrected chi connectivity index (χ3v) is 9.36. The molecule has 3 aliphatic rings. The number of aromatic amines is 1. The second-order valence-electron chi connectivity index (χ2n) is 9.76. The monoisotopic (exact) mass is 681 g/mol. The number of H-pyrrole nitrogens is 1. The normalized spacial score (nSPS) is 37.5. The summed E-state index contributed by atoms with van der Waals surface area (Å²) >= 11 is 0. The summed E-state index contributed by atoms with van der Waals surface area (Å²) in [4.78, 5) is 53.4. The summed E-state index contributed by atoms with van der Waals surface area (Å²) in [6.45, 7) is -1.65. The molecule has 21 nitrogen and oxygen atoms in total. The first-order valence-corrected chi connectivity index (χ1v) is 15.9. The second kappa shape index (κ2) is 12.3. The predicted molar refractivity (Wildman–Crippen MR) is 142 cm³/mol. The Kier molecular flexibility index (Phi) is 8.76. The number of halogens is 1. The van der Waals surface area contributed by atoms with Gasteiger partial charge in [0.2, 0.25) is 0 Å². The lowest BCUT2D eigenvalue weighted by atomic mass is 10.1. The van der Waals surface area contributed by atoms with Crippen LogP contribution in [0.2, 0.25) is 0 Å². The first-order chi connectivity index (χ1) is 21.4. The topological polar surface area (TPSA) is 262 Å². The fourth-order valence-corrected chi connectivity index (χ4v) is 7.25. The van der Waals surface area contributed by atoms with E-state index in [0.717, 1.165) is 30.3 Å². The Morgan fingerprint density at radius 2 is 1.80 bits per heavy atom. The smallest absolute Gasteiger partial charge is 0.382 e. The highest BCUT2D eigenvalue weighted by Gasteiger charge is 2.55. The molecule has 246 valence electrons. The van der Waals surface area contributed by atoms with Crippen molar-refractivity contribution in [3.63, 3.8) is 0 Å². The number of anilines is 1. The number of hydrogen-bond acceptors (Lipinski definition) is 17. The number of nitrogens with one attached hydrogen (secondary N) is 1. The Morgan fingerprint density at radius 3 is 2.53 bits per heavy atom. The van der Waals surface area contributed by atoms with Gasteiger partial charge >= 0.3 is 21.3 Å². The zero-order chi connectivity index (χ0) is 32.1. The van der Waals surface area contributed by atoms with Gasteiger partial charge in [0.25, 0.3) is 5.56 Å². The van der Waals surface area contributed by atoms with Crippen LogP contribution in [-0.4, -0.2) is 98.1 Å². The maximum atomic E-state index is 15.9. The molecule has 3 saturated heterocycles. The minimum absolute atomic E-state index is 0.00559. The molecule has 6 rings (SSSR count). The number of phosphoric ester groups is 2. The number of ether oxygens (including phenoxy) is 3. The number of methoxy groups -OCH3 is 1. The molecular formula is C21H26FN7O14P2. The van der Waals surface area contributed by atoms with Crippen molar-refractivity contribution in [2.75, 3.05) is 33.2 Å². The van der Waals surface area contributed by atoms with Gasteiger partial charge in [-0.1, -0.05) is 0 Å². The van der Waals surface area contributed by atoms with E-state index in [1.165, 1.54) is 18.0 Å². The number of alkyl halides is 1. The van der Waals surface area contributed by atoms with E-state index in [2.05, 4.69) is 24.8 Å². The number of nitrogen functional groups attached to an aromatic ring is 1. The molecule has 0 aliphatic carbocycles. The molecule has 0 saturated carbocycles. The fraction of sp³-hybridized carbons (Fsp3) is 0.571. The lowest BCUT2D eigenvalue weighted by Gasteiger charge is -2.27. The van der Waals surface area contributed by atoms with Gasteiger partial charge in [-0.2, -0.15) is 0 Å². The Balaban J connectivity index is 1.36. The summed E-state index contributed by atoms with van der Waals surface area (Å²) in [7, 11) is -7.78. The molecular weight excluding hydrogens is 655 g/mol. The van der Waals surface area contributed by atoms with Crippen LogP contribution in [-0.2, 0) is 51.0 Å². The first kappa shape index (κ1) is 32.0. The number of rotatable bonds is 5. The highest BCUT2D eigenvalue weighted by molar-refractivity contribution is 7.48. The fourth-order valence-electron chi connectivity index (χ4n) is 5.12. The third-order valence-electron chi connectivity index (χ3n) is 7.08. The number of fused-ring (bicyclic) bond motifs is 4. The zero-order valence-electron chi connectivity index (χ0n) is 23.2. The molecule has 0 amide bonds. The summed E-state index contributed by atoms with van der Waals surface area (Å²) in [5.41, 5.74) is 4.48. The van der Waals surface area contributed by atoms with Crippen LogP contribution in [0.4, 0.5) is 10.2 Å². The molecule has 3 fully saturated rings. The van der Waals surface area contributed by atoms with Crippen molar-refractivity contribution in [1.82, 2.24) is 29.1 Å². The highest BCUT2D eigenvalue weighted by atomic mass is 31.2. The lowest BCUT2D eigenvalue weighted by molar-refractivity contribution is -0.208. The van der Waals surface area contributed by atoms with Crippen molar-refractivity contribution in [3.8, 4) is 0 Å². The highest BCUT2D eigenvalue weighted by Crippen LogP contribution is 2.56. The van der Waals surface area contributed by atoms with E-state index in [1.807, 2.05) is 0 Å². The van der Waals surface area contributed by atoms with Gasteiger partial charge in [0.05, 0.1) is 26.7 Å². The van der Waals surface area contributed by atoms with Crippen molar-refractivity contribution >= 4 is 32.6 Å². The van der Waals surface area contributed by atoms with E-state index >= 15 is 4.39 Å². The van der Waals surface area contributed by atoms with Crippen molar-refractivity contribution < 1.29 is 60.3 Å². The molecule has 10 atom stereocenters. The van der Waals surface area contributed by atoms with Gasteiger partial charge in [0.1, 0.15) is 42.4 Å². The molecule has 0 spiro atoms. The van der Waals surface area contributed by atoms with E-state index in [4.69, 9.17) is 42.7 Å². The molecule has 3 aromatic rings. The molecule has 4 N–H and O–H groups in total. The van der Waals surface area contributed by atoms with Gasteiger partial charge < -0.3 is 24.8 Å². The minimum atomic E-state index is -5.07. The molecule has 0 radical (unpaired) electrons. The number of hydrogen-bond donors (Lipinski definition) is 3. The quantitative estimate of drug-likeness (QED) is 0.177. The number of imidazole rings is 1. The Labute approximate surface area is 250 Å². The summed E-state index contributed by atoms with van der Waals surface area (Å²) in [6.07, 6.45) is -9.28. The van der Waals surface area contributed by atoms with Crippen LogP contribution in [0.3, 0.4) is 0 Å². The summed E-state index contributed by atoms with van der Waals surface area (Å²) < 4.78 is 88.4. The Morgan fingerprint density at radius 1 is 1.04 bits per heavy atom. The summed E-state index contributed by atoms with van der Waals surface area (Å²) in [5, 5.41) is 0. The van der Waals surface area contributed by atoms with E-state index in [-0.39, 0.29) is 17.0 Å². The number of nitrogens with zero attached hydrogens (tertiary/aromatic N) is 5. The molecule has 3 aliphatic heterocycles. The van der Waals surface area contributed by atoms with Crippen LogP contribution in [0.25, 0.3) is 11.2 Å².